The summed E-state index contributed by atoms with van der Waals surface area (Å²) in [4.78, 5) is 29.2. The Hall–Kier alpha value is -2.67. The van der Waals surface area contributed by atoms with Crippen LogP contribution in [0.2, 0.25) is 0 Å². The van der Waals surface area contributed by atoms with Crippen molar-refractivity contribution in [1.29, 1.82) is 0 Å². The molecule has 0 spiro atoms. The third-order valence-electron chi connectivity index (χ3n) is 3.20. The predicted octanol–water partition coefficient (Wildman–Crippen LogP) is 2.59. The van der Waals surface area contributed by atoms with Crippen LogP contribution in [0.4, 0.5) is 4.39 Å². The first-order valence-electron chi connectivity index (χ1n) is 6.87. The number of halogens is 1. The van der Waals surface area contributed by atoms with Crippen molar-refractivity contribution in [3.8, 4) is 0 Å². The number of Topliss-reactive ketones (excluding diaryl/α,β-unsaturated/α-hetero) is 2. The molecule has 0 saturated heterocycles. The molecule has 0 aliphatic carbocycles. The zero-order valence-electron chi connectivity index (χ0n) is 12.0. The normalized spacial score (nSPS) is 10.7. The van der Waals surface area contributed by atoms with Crippen molar-refractivity contribution in [2.45, 2.75) is 12.8 Å². The van der Waals surface area contributed by atoms with Crippen LogP contribution in [0.25, 0.3) is 0 Å². The average Bonchev–Trinajstić information content (AvgIpc) is 3.18. The van der Waals surface area contributed by atoms with Crippen molar-refractivity contribution in [3.63, 3.8) is 0 Å². The lowest BCUT2D eigenvalue weighted by Gasteiger charge is -1.98. The van der Waals surface area contributed by atoms with E-state index >= 15 is 0 Å². The maximum atomic E-state index is 13.2. The second-order valence-corrected chi connectivity index (χ2v) is 6.19. The molecular weight excluding hydrogens is 317 g/mol. The number of nitrogens with zero attached hydrogens (tertiary/aromatic N) is 2. The molecule has 0 fully saturated rings. The summed E-state index contributed by atoms with van der Waals surface area (Å²) in [5.41, 5.74) is 0.863. The van der Waals surface area contributed by atoms with Crippen molar-refractivity contribution in [1.82, 2.24) is 15.2 Å². The smallest absolute Gasteiger partial charge is 0.265 e. The Morgan fingerprint density at radius 1 is 1.17 bits per heavy atom. The van der Waals surface area contributed by atoms with Gasteiger partial charge in [-0.1, -0.05) is 12.1 Å². The molecule has 0 saturated carbocycles. The summed E-state index contributed by atoms with van der Waals surface area (Å²) in [7, 11) is 0. The number of carbonyl (C=O) groups excluding carboxylic acids is 2. The number of aromatic amines is 1. The van der Waals surface area contributed by atoms with Crippen LogP contribution >= 0.6 is 11.3 Å². The Labute approximate surface area is 135 Å². The zero-order valence-corrected chi connectivity index (χ0v) is 12.8. The molecule has 7 heteroatoms. The Kier molecular flexibility index (Phi) is 4.38. The van der Waals surface area contributed by atoms with Gasteiger partial charge in [0.25, 0.3) is 5.78 Å². The minimum Gasteiger partial charge on any atom is -0.290 e. The van der Waals surface area contributed by atoms with Crippen LogP contribution in [-0.2, 0) is 17.6 Å². The summed E-state index contributed by atoms with van der Waals surface area (Å²) in [6.07, 6.45) is 1.79. The first kappa shape index (κ1) is 15.2. The summed E-state index contributed by atoms with van der Waals surface area (Å²) in [6.45, 7) is 0. The van der Waals surface area contributed by atoms with Gasteiger partial charge >= 0.3 is 0 Å². The first-order chi connectivity index (χ1) is 11.1. The number of hydrogen-bond donors (Lipinski definition) is 1. The van der Waals surface area contributed by atoms with Crippen LogP contribution in [-0.4, -0.2) is 26.7 Å². The maximum absolute atomic E-state index is 13.2. The molecule has 0 bridgehead atoms. The summed E-state index contributed by atoms with van der Waals surface area (Å²) >= 11 is 1.43. The molecule has 0 atom stereocenters. The van der Waals surface area contributed by atoms with E-state index in [1.807, 2.05) is 18.2 Å². The SMILES string of the molecule is O=C(Cc1ccc(Cc2cccc(F)c2)s1)C(=O)c1ncn[nH]1. The quantitative estimate of drug-likeness (QED) is 0.557. The van der Waals surface area contributed by atoms with E-state index in [-0.39, 0.29) is 18.1 Å². The Balaban J connectivity index is 1.65. The van der Waals surface area contributed by atoms with E-state index in [0.717, 1.165) is 15.3 Å². The van der Waals surface area contributed by atoms with Gasteiger partial charge in [-0.05, 0) is 29.8 Å². The molecule has 2 heterocycles. The second kappa shape index (κ2) is 6.62. The Bertz CT molecular complexity index is 843. The lowest BCUT2D eigenvalue weighted by Crippen LogP contribution is -2.17. The highest BCUT2D eigenvalue weighted by molar-refractivity contribution is 7.12. The number of thiophene rings is 1. The largest absolute Gasteiger partial charge is 0.290 e. The van der Waals surface area contributed by atoms with Gasteiger partial charge in [0.05, 0.1) is 0 Å². The van der Waals surface area contributed by atoms with Crippen molar-refractivity contribution in [2.24, 2.45) is 0 Å². The number of ketones is 2. The number of benzene rings is 1. The van der Waals surface area contributed by atoms with Gasteiger partial charge in [-0.3, -0.25) is 14.7 Å². The number of H-pyrrole nitrogens is 1. The number of hydrogen-bond acceptors (Lipinski definition) is 5. The molecule has 1 aromatic carbocycles. The standard InChI is InChI=1S/C16H12FN3O2S/c17-11-3-1-2-10(6-11)7-12-4-5-13(23-12)8-14(21)15(22)16-18-9-19-20-16/h1-6,9H,7-8H2,(H,18,19,20). The van der Waals surface area contributed by atoms with E-state index in [2.05, 4.69) is 15.2 Å². The van der Waals surface area contributed by atoms with Crippen molar-refractivity contribution in [3.05, 3.63) is 69.7 Å². The molecule has 0 radical (unpaired) electrons. The molecule has 3 aromatic rings. The van der Waals surface area contributed by atoms with Crippen LogP contribution in [0, 0.1) is 5.82 Å². The molecule has 5 nitrogen and oxygen atoms in total. The van der Waals surface area contributed by atoms with Gasteiger partial charge in [-0.25, -0.2) is 9.37 Å². The number of aromatic nitrogens is 3. The monoisotopic (exact) mass is 329 g/mol. The highest BCUT2D eigenvalue weighted by Crippen LogP contribution is 2.21. The molecule has 116 valence electrons. The van der Waals surface area contributed by atoms with Crippen LogP contribution in [0.1, 0.15) is 25.9 Å². The molecule has 1 N–H and O–H groups in total. The second-order valence-electron chi connectivity index (χ2n) is 4.94. The number of carbonyl (C=O) groups is 2. The van der Waals surface area contributed by atoms with Crippen LogP contribution in [0.15, 0.2) is 42.7 Å². The highest BCUT2D eigenvalue weighted by atomic mass is 32.1. The third-order valence-corrected chi connectivity index (χ3v) is 4.29. The number of nitrogens with one attached hydrogen (secondary N) is 1. The van der Waals surface area contributed by atoms with Crippen molar-refractivity contribution < 1.29 is 14.0 Å². The van der Waals surface area contributed by atoms with Gasteiger partial charge in [0.15, 0.2) is 5.82 Å². The Morgan fingerprint density at radius 2 is 2.00 bits per heavy atom. The van der Waals surface area contributed by atoms with Crippen molar-refractivity contribution >= 4 is 22.9 Å². The summed E-state index contributed by atoms with van der Waals surface area (Å²) in [5, 5.41) is 5.94. The predicted molar refractivity (Wildman–Crippen MR) is 82.9 cm³/mol. The van der Waals surface area contributed by atoms with E-state index in [1.165, 1.54) is 29.8 Å². The first-order valence-corrected chi connectivity index (χ1v) is 7.68. The molecule has 23 heavy (non-hydrogen) atoms. The summed E-state index contributed by atoms with van der Waals surface area (Å²) in [6, 6.07) is 10.1. The zero-order chi connectivity index (χ0) is 16.2. The van der Waals surface area contributed by atoms with Gasteiger partial charge < -0.3 is 0 Å². The van der Waals surface area contributed by atoms with E-state index in [0.29, 0.717) is 6.42 Å². The molecule has 0 aliphatic heterocycles. The Morgan fingerprint density at radius 3 is 2.74 bits per heavy atom. The minimum atomic E-state index is -0.678. The lowest BCUT2D eigenvalue weighted by atomic mass is 10.1. The molecule has 3 rings (SSSR count). The topological polar surface area (TPSA) is 75.7 Å². The lowest BCUT2D eigenvalue weighted by molar-refractivity contribution is -0.114. The van der Waals surface area contributed by atoms with Gasteiger partial charge in [-0.2, -0.15) is 5.10 Å². The van der Waals surface area contributed by atoms with Crippen LogP contribution in [0.5, 0.6) is 0 Å². The van der Waals surface area contributed by atoms with Crippen LogP contribution < -0.4 is 0 Å². The average molecular weight is 329 g/mol. The fourth-order valence-corrected chi connectivity index (χ4v) is 3.20. The third kappa shape index (κ3) is 3.75. The van der Waals surface area contributed by atoms with Gasteiger partial charge in [0.2, 0.25) is 5.78 Å². The maximum Gasteiger partial charge on any atom is 0.265 e. The van der Waals surface area contributed by atoms with E-state index in [1.54, 1.807) is 6.07 Å². The summed E-state index contributed by atoms with van der Waals surface area (Å²) in [5.74, 6) is -1.54. The number of rotatable bonds is 6. The highest BCUT2D eigenvalue weighted by Gasteiger charge is 2.20. The van der Waals surface area contributed by atoms with Gasteiger partial charge in [0, 0.05) is 22.6 Å². The van der Waals surface area contributed by atoms with Crippen LogP contribution in [0.3, 0.4) is 0 Å². The molecule has 0 unspecified atom stereocenters. The van der Waals surface area contributed by atoms with E-state index in [4.69, 9.17) is 0 Å². The molecule has 0 aliphatic rings. The minimum absolute atomic E-state index is 0.0212. The van der Waals surface area contributed by atoms with Crippen molar-refractivity contribution in [2.75, 3.05) is 0 Å². The van der Waals surface area contributed by atoms with E-state index in [9.17, 15) is 14.0 Å². The van der Waals surface area contributed by atoms with Gasteiger partial charge in [-0.15, -0.1) is 11.3 Å². The fraction of sp³-hybridized carbons (Fsp3) is 0.125. The molecule has 0 amide bonds. The fourth-order valence-electron chi connectivity index (χ4n) is 2.15. The molecule has 2 aromatic heterocycles. The summed E-state index contributed by atoms with van der Waals surface area (Å²) < 4.78 is 13.2. The van der Waals surface area contributed by atoms with E-state index < -0.39 is 11.6 Å². The molecular formula is C16H12FN3O2S. The van der Waals surface area contributed by atoms with Gasteiger partial charge in [0.1, 0.15) is 12.1 Å².